The number of carbonyl (C=O) groups excluding carboxylic acids is 2. The van der Waals surface area contributed by atoms with Crippen molar-refractivity contribution in [3.63, 3.8) is 0 Å². The number of hydrogen-bond donors (Lipinski definition) is 0. The SMILES string of the molecule is O=C(Cl)C1=CCC(=O)c2ccccc21. The number of hydrogen-bond acceptors (Lipinski definition) is 2. The van der Waals surface area contributed by atoms with Crippen LogP contribution in [0, 0.1) is 0 Å². The maximum Gasteiger partial charge on any atom is 0.252 e. The molecule has 0 aliphatic heterocycles. The van der Waals surface area contributed by atoms with Gasteiger partial charge in [-0.25, -0.2) is 0 Å². The molecular weight excluding hydrogens is 200 g/mol. The van der Waals surface area contributed by atoms with Crippen molar-refractivity contribution in [3.8, 4) is 0 Å². The molecule has 0 aromatic heterocycles. The van der Waals surface area contributed by atoms with Gasteiger partial charge in [0.2, 0.25) is 0 Å². The number of allylic oxidation sites excluding steroid dienone is 2. The van der Waals surface area contributed by atoms with Gasteiger partial charge in [0.15, 0.2) is 5.78 Å². The summed E-state index contributed by atoms with van der Waals surface area (Å²) in [6.45, 7) is 0. The van der Waals surface area contributed by atoms with Crippen molar-refractivity contribution in [1.82, 2.24) is 0 Å². The number of fused-ring (bicyclic) bond motifs is 1. The first-order valence-electron chi connectivity index (χ1n) is 4.23. The van der Waals surface area contributed by atoms with E-state index in [1.165, 1.54) is 0 Å². The molecule has 0 amide bonds. The summed E-state index contributed by atoms with van der Waals surface area (Å²) >= 11 is 5.41. The third-order valence-electron chi connectivity index (χ3n) is 2.22. The zero-order valence-corrected chi connectivity index (χ0v) is 8.04. The van der Waals surface area contributed by atoms with Gasteiger partial charge in [-0.05, 0) is 17.2 Å². The fourth-order valence-electron chi connectivity index (χ4n) is 1.56. The van der Waals surface area contributed by atoms with Gasteiger partial charge in [-0.15, -0.1) is 0 Å². The topological polar surface area (TPSA) is 34.1 Å². The normalized spacial score (nSPS) is 14.6. The van der Waals surface area contributed by atoms with Crippen LogP contribution < -0.4 is 0 Å². The van der Waals surface area contributed by atoms with Gasteiger partial charge in [0, 0.05) is 17.6 Å². The predicted octanol–water partition coefficient (Wildman–Crippen LogP) is 2.42. The number of rotatable bonds is 1. The molecule has 0 radical (unpaired) electrons. The highest BCUT2D eigenvalue weighted by molar-refractivity contribution is 6.74. The summed E-state index contributed by atoms with van der Waals surface area (Å²) in [5.74, 6) is 0.0299. The third kappa shape index (κ3) is 1.38. The lowest BCUT2D eigenvalue weighted by molar-refractivity contribution is -0.106. The Hall–Kier alpha value is -1.41. The van der Waals surface area contributed by atoms with E-state index in [1.807, 2.05) is 0 Å². The second-order valence-corrected chi connectivity index (χ2v) is 3.41. The Morgan fingerprint density at radius 2 is 1.86 bits per heavy atom. The van der Waals surface area contributed by atoms with Gasteiger partial charge < -0.3 is 0 Å². The van der Waals surface area contributed by atoms with Gasteiger partial charge in [0.1, 0.15) is 0 Å². The Morgan fingerprint density at radius 3 is 2.50 bits per heavy atom. The zero-order chi connectivity index (χ0) is 10.1. The first kappa shape index (κ1) is 9.16. The van der Waals surface area contributed by atoms with Crippen molar-refractivity contribution in [2.45, 2.75) is 6.42 Å². The van der Waals surface area contributed by atoms with Crippen LogP contribution in [0.25, 0.3) is 5.57 Å². The number of Topliss-reactive ketones (excluding diaryl/α,β-unsaturated/α-hetero) is 1. The highest BCUT2D eigenvalue weighted by atomic mass is 35.5. The largest absolute Gasteiger partial charge is 0.294 e. The number of ketones is 1. The van der Waals surface area contributed by atoms with E-state index in [9.17, 15) is 9.59 Å². The van der Waals surface area contributed by atoms with Gasteiger partial charge >= 0.3 is 0 Å². The quantitative estimate of drug-likeness (QED) is 0.662. The van der Waals surface area contributed by atoms with Crippen LogP contribution >= 0.6 is 11.6 Å². The summed E-state index contributed by atoms with van der Waals surface area (Å²) in [6, 6.07) is 7.01. The van der Waals surface area contributed by atoms with Gasteiger partial charge in [0.05, 0.1) is 0 Å². The fourth-order valence-corrected chi connectivity index (χ4v) is 1.74. The molecule has 0 heterocycles. The average molecular weight is 207 g/mol. The van der Waals surface area contributed by atoms with Gasteiger partial charge in [-0.3, -0.25) is 9.59 Å². The molecule has 0 N–H and O–H groups in total. The summed E-state index contributed by atoms with van der Waals surface area (Å²) in [5.41, 5.74) is 1.66. The Bertz CT molecular complexity index is 446. The summed E-state index contributed by atoms with van der Waals surface area (Å²) in [6.07, 6.45) is 1.84. The lowest BCUT2D eigenvalue weighted by atomic mass is 9.90. The fraction of sp³-hybridized carbons (Fsp3) is 0.0909. The van der Waals surface area contributed by atoms with Crippen LogP contribution in [0.2, 0.25) is 0 Å². The van der Waals surface area contributed by atoms with Crippen molar-refractivity contribution in [2.24, 2.45) is 0 Å². The summed E-state index contributed by atoms with van der Waals surface area (Å²) < 4.78 is 0. The molecule has 70 valence electrons. The van der Waals surface area contributed by atoms with Gasteiger partial charge in [-0.1, -0.05) is 30.3 Å². The molecule has 1 aromatic rings. The Labute approximate surface area is 86.2 Å². The van der Waals surface area contributed by atoms with Crippen molar-refractivity contribution in [2.75, 3.05) is 0 Å². The van der Waals surface area contributed by atoms with Crippen LogP contribution in [0.4, 0.5) is 0 Å². The molecule has 0 atom stereocenters. The standard InChI is InChI=1S/C11H7ClO2/c12-11(14)9-5-6-10(13)8-4-2-1-3-7(8)9/h1-5H,6H2. The lowest BCUT2D eigenvalue weighted by Crippen LogP contribution is -2.10. The second-order valence-electron chi connectivity index (χ2n) is 3.06. The highest BCUT2D eigenvalue weighted by Crippen LogP contribution is 2.27. The van der Waals surface area contributed by atoms with Crippen LogP contribution in [0.15, 0.2) is 30.3 Å². The molecule has 1 aliphatic rings. The second kappa shape index (κ2) is 3.39. The van der Waals surface area contributed by atoms with Gasteiger partial charge in [-0.2, -0.15) is 0 Å². The molecule has 3 heteroatoms. The molecular formula is C11H7ClO2. The zero-order valence-electron chi connectivity index (χ0n) is 7.29. The van der Waals surface area contributed by atoms with E-state index in [4.69, 9.17) is 11.6 Å². The maximum absolute atomic E-state index is 11.5. The van der Waals surface area contributed by atoms with E-state index in [-0.39, 0.29) is 12.2 Å². The van der Waals surface area contributed by atoms with Crippen LogP contribution in [-0.2, 0) is 4.79 Å². The lowest BCUT2D eigenvalue weighted by Gasteiger charge is -2.13. The molecule has 14 heavy (non-hydrogen) atoms. The number of carbonyl (C=O) groups is 2. The minimum atomic E-state index is -0.509. The molecule has 0 saturated heterocycles. The average Bonchev–Trinajstić information content (AvgIpc) is 2.18. The number of benzene rings is 1. The Kier molecular flexibility index (Phi) is 2.22. The van der Waals surface area contributed by atoms with Crippen molar-refractivity contribution in [1.29, 1.82) is 0 Å². The molecule has 0 fully saturated rings. The van der Waals surface area contributed by atoms with E-state index < -0.39 is 5.24 Å². The molecule has 0 bridgehead atoms. The molecule has 0 unspecified atom stereocenters. The molecule has 2 nitrogen and oxygen atoms in total. The van der Waals surface area contributed by atoms with E-state index in [2.05, 4.69) is 0 Å². The molecule has 1 aliphatic carbocycles. The molecule has 2 rings (SSSR count). The van der Waals surface area contributed by atoms with Crippen molar-refractivity contribution in [3.05, 3.63) is 41.5 Å². The predicted molar refractivity (Wildman–Crippen MR) is 54.2 cm³/mol. The van der Waals surface area contributed by atoms with E-state index >= 15 is 0 Å². The molecule has 0 saturated carbocycles. The highest BCUT2D eigenvalue weighted by Gasteiger charge is 2.21. The van der Waals surface area contributed by atoms with Crippen LogP contribution in [0.5, 0.6) is 0 Å². The van der Waals surface area contributed by atoms with E-state index in [0.29, 0.717) is 16.7 Å². The smallest absolute Gasteiger partial charge is 0.252 e. The third-order valence-corrected chi connectivity index (χ3v) is 2.42. The summed E-state index contributed by atoms with van der Waals surface area (Å²) in [4.78, 5) is 22.5. The first-order chi connectivity index (χ1) is 6.70. The maximum atomic E-state index is 11.5. The van der Waals surface area contributed by atoms with Crippen LogP contribution in [0.3, 0.4) is 0 Å². The summed E-state index contributed by atoms with van der Waals surface area (Å²) in [7, 11) is 0. The monoisotopic (exact) mass is 206 g/mol. The van der Waals surface area contributed by atoms with Crippen LogP contribution in [0.1, 0.15) is 22.3 Å². The minimum Gasteiger partial charge on any atom is -0.294 e. The first-order valence-corrected chi connectivity index (χ1v) is 4.60. The van der Waals surface area contributed by atoms with Crippen LogP contribution in [-0.4, -0.2) is 11.0 Å². The van der Waals surface area contributed by atoms with E-state index in [1.54, 1.807) is 30.3 Å². The number of halogens is 1. The van der Waals surface area contributed by atoms with Crippen molar-refractivity contribution < 1.29 is 9.59 Å². The Morgan fingerprint density at radius 1 is 1.21 bits per heavy atom. The van der Waals surface area contributed by atoms with E-state index in [0.717, 1.165) is 0 Å². The molecule has 0 spiro atoms. The molecule has 1 aromatic carbocycles. The van der Waals surface area contributed by atoms with Crippen molar-refractivity contribution >= 4 is 28.2 Å². The Balaban J connectivity index is 2.62. The minimum absolute atomic E-state index is 0.0299. The summed E-state index contributed by atoms with van der Waals surface area (Å²) in [5, 5.41) is -0.509. The van der Waals surface area contributed by atoms with Gasteiger partial charge in [0.25, 0.3) is 5.24 Å².